The van der Waals surface area contributed by atoms with Gasteiger partial charge >= 0.3 is 0 Å². The Bertz CT molecular complexity index is 1150. The van der Waals surface area contributed by atoms with Crippen LogP contribution in [0, 0.1) is 17.7 Å². The van der Waals surface area contributed by atoms with Crippen molar-refractivity contribution in [3.8, 4) is 34.2 Å². The smallest absolute Gasteiger partial charge is 0.298 e. The summed E-state index contributed by atoms with van der Waals surface area (Å²) in [6.07, 6.45) is 5.55. The van der Waals surface area contributed by atoms with Crippen LogP contribution in [0.15, 0.2) is 48.8 Å². The maximum atomic E-state index is 13.5. The van der Waals surface area contributed by atoms with Crippen LogP contribution in [0.2, 0.25) is 0 Å². The maximum absolute atomic E-state index is 13.5. The van der Waals surface area contributed by atoms with E-state index in [4.69, 9.17) is 5.10 Å². The standard InChI is InChI=1S/C24H22FN5O/c25-19-5-3-18(4-6-19)24-23(17-9-12-26-13-10-17)21-16-29(14-15-30(21)28-24)22(31)8-7-20-2-1-11-27-20/h3-6,9-10,12-13,20,27H,1-2,11,14-16H2/t20-/m1/s1. The zero-order chi connectivity index (χ0) is 21.2. The lowest BCUT2D eigenvalue weighted by atomic mass is 9.99. The molecule has 0 aliphatic carbocycles. The van der Waals surface area contributed by atoms with E-state index in [1.807, 2.05) is 16.8 Å². The molecule has 1 saturated heterocycles. The summed E-state index contributed by atoms with van der Waals surface area (Å²) in [5.41, 5.74) is 4.46. The van der Waals surface area contributed by atoms with Gasteiger partial charge < -0.3 is 10.2 Å². The number of carbonyl (C=O) groups excluding carboxylic acids is 1. The Balaban J connectivity index is 1.51. The normalized spacial score (nSPS) is 17.7. The molecule has 0 bridgehead atoms. The second-order valence-corrected chi connectivity index (χ2v) is 7.78. The predicted octanol–water partition coefficient (Wildman–Crippen LogP) is 2.85. The number of rotatable bonds is 2. The van der Waals surface area contributed by atoms with Crippen molar-refractivity contribution in [3.05, 3.63) is 60.3 Å². The molecule has 156 valence electrons. The Hall–Kier alpha value is -3.50. The summed E-state index contributed by atoms with van der Waals surface area (Å²) in [4.78, 5) is 18.7. The van der Waals surface area contributed by atoms with Crippen molar-refractivity contribution in [2.75, 3.05) is 13.1 Å². The molecule has 5 rings (SSSR count). The van der Waals surface area contributed by atoms with Gasteiger partial charge in [-0.3, -0.25) is 14.5 Å². The molecule has 1 amide bonds. The van der Waals surface area contributed by atoms with Gasteiger partial charge in [0.05, 0.1) is 24.8 Å². The Morgan fingerprint density at radius 1 is 1.10 bits per heavy atom. The van der Waals surface area contributed by atoms with Crippen molar-refractivity contribution < 1.29 is 9.18 Å². The molecule has 1 fully saturated rings. The summed E-state index contributed by atoms with van der Waals surface area (Å²) in [6.45, 7) is 2.53. The zero-order valence-corrected chi connectivity index (χ0v) is 17.0. The molecule has 3 aromatic rings. The number of aromatic nitrogens is 3. The van der Waals surface area contributed by atoms with Crippen LogP contribution in [0.5, 0.6) is 0 Å². The van der Waals surface area contributed by atoms with Gasteiger partial charge in [-0.25, -0.2) is 4.39 Å². The molecule has 4 heterocycles. The Morgan fingerprint density at radius 3 is 2.65 bits per heavy atom. The first-order valence-electron chi connectivity index (χ1n) is 10.5. The number of benzene rings is 1. The van der Waals surface area contributed by atoms with Gasteiger partial charge in [0.15, 0.2) is 0 Å². The molecular formula is C24H22FN5O. The molecule has 1 aromatic carbocycles. The fourth-order valence-electron chi connectivity index (χ4n) is 4.16. The highest BCUT2D eigenvalue weighted by Crippen LogP contribution is 2.36. The van der Waals surface area contributed by atoms with Gasteiger partial charge in [-0.2, -0.15) is 5.10 Å². The summed E-state index contributed by atoms with van der Waals surface area (Å²) in [6, 6.07) is 10.3. The minimum absolute atomic E-state index is 0.108. The van der Waals surface area contributed by atoms with E-state index in [1.165, 1.54) is 12.1 Å². The third-order valence-electron chi connectivity index (χ3n) is 5.77. The SMILES string of the molecule is O=C(C#C[C@H]1CCCN1)N1CCn2nc(-c3ccc(F)cc3)c(-c3ccncc3)c2C1. The summed E-state index contributed by atoms with van der Waals surface area (Å²) in [5.74, 6) is 5.44. The lowest BCUT2D eigenvalue weighted by Gasteiger charge is -2.26. The molecule has 0 radical (unpaired) electrons. The van der Waals surface area contributed by atoms with Gasteiger partial charge in [-0.05, 0) is 67.3 Å². The third kappa shape index (κ3) is 3.94. The van der Waals surface area contributed by atoms with Crippen molar-refractivity contribution in [1.82, 2.24) is 25.0 Å². The van der Waals surface area contributed by atoms with Gasteiger partial charge in [0.2, 0.25) is 0 Å². The molecular weight excluding hydrogens is 393 g/mol. The van der Waals surface area contributed by atoms with E-state index in [0.29, 0.717) is 19.6 Å². The van der Waals surface area contributed by atoms with Crippen LogP contribution in [-0.4, -0.2) is 44.7 Å². The first kappa shape index (κ1) is 19.5. The van der Waals surface area contributed by atoms with Crippen molar-refractivity contribution in [2.24, 2.45) is 0 Å². The predicted molar refractivity (Wildman–Crippen MR) is 115 cm³/mol. The summed E-state index contributed by atoms with van der Waals surface area (Å²) >= 11 is 0. The van der Waals surface area contributed by atoms with E-state index in [9.17, 15) is 9.18 Å². The minimum atomic E-state index is -0.287. The Labute approximate surface area is 180 Å². The number of pyridine rings is 1. The van der Waals surface area contributed by atoms with E-state index in [-0.39, 0.29) is 17.8 Å². The number of fused-ring (bicyclic) bond motifs is 1. The van der Waals surface area contributed by atoms with Crippen LogP contribution in [-0.2, 0) is 17.9 Å². The largest absolute Gasteiger partial charge is 0.324 e. The average molecular weight is 415 g/mol. The molecule has 0 saturated carbocycles. The van der Waals surface area contributed by atoms with Crippen molar-refractivity contribution in [1.29, 1.82) is 0 Å². The van der Waals surface area contributed by atoms with Crippen LogP contribution in [0.25, 0.3) is 22.4 Å². The average Bonchev–Trinajstić information content (AvgIpc) is 3.46. The van der Waals surface area contributed by atoms with Gasteiger partial charge in [-0.15, -0.1) is 0 Å². The lowest BCUT2D eigenvalue weighted by Crippen LogP contribution is -2.38. The molecule has 7 heteroatoms. The third-order valence-corrected chi connectivity index (χ3v) is 5.77. The fraction of sp³-hybridized carbons (Fsp3) is 0.292. The minimum Gasteiger partial charge on any atom is -0.324 e. The van der Waals surface area contributed by atoms with Gasteiger partial charge in [0.25, 0.3) is 5.91 Å². The number of halogens is 1. The van der Waals surface area contributed by atoms with Crippen LogP contribution in [0.3, 0.4) is 0 Å². The summed E-state index contributed by atoms with van der Waals surface area (Å²) < 4.78 is 15.4. The number of hydrogen-bond acceptors (Lipinski definition) is 4. The quantitative estimate of drug-likeness (QED) is 0.654. The van der Waals surface area contributed by atoms with Crippen molar-refractivity contribution in [3.63, 3.8) is 0 Å². The maximum Gasteiger partial charge on any atom is 0.298 e. The van der Waals surface area contributed by atoms with Gasteiger partial charge in [0, 0.05) is 30.1 Å². The second kappa shape index (κ2) is 8.32. The molecule has 0 spiro atoms. The summed E-state index contributed by atoms with van der Waals surface area (Å²) in [5, 5.41) is 8.12. The monoisotopic (exact) mass is 415 g/mol. The van der Waals surface area contributed by atoms with Gasteiger partial charge in [-0.1, -0.05) is 5.92 Å². The van der Waals surface area contributed by atoms with E-state index in [1.54, 1.807) is 29.4 Å². The topological polar surface area (TPSA) is 63.1 Å². The van der Waals surface area contributed by atoms with E-state index >= 15 is 0 Å². The lowest BCUT2D eigenvalue weighted by molar-refractivity contribution is -0.126. The molecule has 31 heavy (non-hydrogen) atoms. The number of carbonyl (C=O) groups is 1. The molecule has 6 nitrogen and oxygen atoms in total. The Kier molecular flexibility index (Phi) is 5.23. The highest BCUT2D eigenvalue weighted by atomic mass is 19.1. The molecule has 1 atom stereocenters. The van der Waals surface area contributed by atoms with E-state index in [0.717, 1.165) is 47.5 Å². The van der Waals surface area contributed by atoms with Gasteiger partial charge in [0.1, 0.15) is 11.5 Å². The number of hydrogen-bond donors (Lipinski definition) is 1. The summed E-state index contributed by atoms with van der Waals surface area (Å²) in [7, 11) is 0. The molecule has 1 N–H and O–H groups in total. The van der Waals surface area contributed by atoms with Crippen molar-refractivity contribution >= 4 is 5.91 Å². The highest BCUT2D eigenvalue weighted by Gasteiger charge is 2.27. The molecule has 2 aliphatic heterocycles. The highest BCUT2D eigenvalue weighted by molar-refractivity contribution is 5.94. The first-order chi connectivity index (χ1) is 15.2. The van der Waals surface area contributed by atoms with Crippen LogP contribution >= 0.6 is 0 Å². The number of nitrogens with zero attached hydrogens (tertiary/aromatic N) is 4. The van der Waals surface area contributed by atoms with Crippen LogP contribution < -0.4 is 5.32 Å². The Morgan fingerprint density at radius 2 is 1.90 bits per heavy atom. The molecule has 0 unspecified atom stereocenters. The van der Waals surface area contributed by atoms with E-state index in [2.05, 4.69) is 22.1 Å². The zero-order valence-electron chi connectivity index (χ0n) is 17.0. The molecule has 2 aromatic heterocycles. The van der Waals surface area contributed by atoms with Crippen molar-refractivity contribution in [2.45, 2.75) is 32.0 Å². The fourth-order valence-corrected chi connectivity index (χ4v) is 4.16. The second-order valence-electron chi connectivity index (χ2n) is 7.78. The van der Waals surface area contributed by atoms with E-state index < -0.39 is 0 Å². The van der Waals surface area contributed by atoms with Crippen LogP contribution in [0.4, 0.5) is 4.39 Å². The number of nitrogens with one attached hydrogen (secondary N) is 1. The first-order valence-corrected chi connectivity index (χ1v) is 10.5. The molecule has 2 aliphatic rings. The number of amides is 1. The van der Waals surface area contributed by atoms with Crippen LogP contribution in [0.1, 0.15) is 18.5 Å².